The van der Waals surface area contributed by atoms with Gasteiger partial charge in [-0.15, -0.1) is 0 Å². The molecule has 0 saturated heterocycles. The molecular formula is C23H23N3O2S. The number of imidazole rings is 1. The molecule has 0 bridgehead atoms. The van der Waals surface area contributed by atoms with Gasteiger partial charge in [-0.3, -0.25) is 4.72 Å². The highest BCUT2D eigenvalue weighted by atomic mass is 32.2. The van der Waals surface area contributed by atoms with E-state index in [-0.39, 0.29) is 10.8 Å². The zero-order valence-corrected chi connectivity index (χ0v) is 17.2. The number of fused-ring (bicyclic) bond motifs is 1. The smallest absolute Gasteiger partial charge is 0.261 e. The average molecular weight is 406 g/mol. The summed E-state index contributed by atoms with van der Waals surface area (Å²) in [6.07, 6.45) is 0.932. The van der Waals surface area contributed by atoms with Gasteiger partial charge in [-0.2, -0.15) is 0 Å². The second-order valence-corrected chi connectivity index (χ2v) is 8.81. The van der Waals surface area contributed by atoms with Crippen LogP contribution in [0.15, 0.2) is 77.7 Å². The van der Waals surface area contributed by atoms with E-state index < -0.39 is 10.0 Å². The molecule has 0 saturated carbocycles. The highest BCUT2D eigenvalue weighted by Crippen LogP contribution is 2.29. The first-order chi connectivity index (χ1) is 14.0. The number of H-pyrrole nitrogens is 1. The molecule has 0 aliphatic heterocycles. The van der Waals surface area contributed by atoms with Gasteiger partial charge in [0.05, 0.1) is 21.6 Å². The number of aromatic amines is 1. The van der Waals surface area contributed by atoms with Crippen LogP contribution in [0.25, 0.3) is 22.4 Å². The van der Waals surface area contributed by atoms with Crippen molar-refractivity contribution >= 4 is 26.7 Å². The lowest BCUT2D eigenvalue weighted by molar-refractivity contribution is 0.601. The number of aromatic nitrogens is 2. The van der Waals surface area contributed by atoms with Crippen molar-refractivity contribution in [1.29, 1.82) is 0 Å². The second-order valence-electron chi connectivity index (χ2n) is 7.13. The molecule has 29 heavy (non-hydrogen) atoms. The maximum absolute atomic E-state index is 13.0. The van der Waals surface area contributed by atoms with Crippen LogP contribution in [0.3, 0.4) is 0 Å². The molecule has 0 amide bonds. The number of anilines is 1. The van der Waals surface area contributed by atoms with Crippen molar-refractivity contribution in [1.82, 2.24) is 9.97 Å². The van der Waals surface area contributed by atoms with Crippen LogP contribution in [0.2, 0.25) is 0 Å². The van der Waals surface area contributed by atoms with E-state index in [0.29, 0.717) is 17.0 Å². The van der Waals surface area contributed by atoms with E-state index in [0.717, 1.165) is 23.1 Å². The lowest BCUT2D eigenvalue weighted by Crippen LogP contribution is -2.14. The van der Waals surface area contributed by atoms with Crippen LogP contribution < -0.4 is 4.72 Å². The molecule has 4 aromatic rings. The fourth-order valence-corrected chi connectivity index (χ4v) is 4.45. The average Bonchev–Trinajstić information content (AvgIpc) is 3.17. The summed E-state index contributed by atoms with van der Waals surface area (Å²) >= 11 is 0. The SMILES string of the molecule is CCC(C)c1ccccc1NS(=O)(=O)c1ccc2nc(-c3ccccc3)[nH]c2c1. The Morgan fingerprint density at radius 3 is 2.48 bits per heavy atom. The van der Waals surface area contributed by atoms with Gasteiger partial charge in [-0.25, -0.2) is 13.4 Å². The van der Waals surface area contributed by atoms with Gasteiger partial charge < -0.3 is 4.98 Å². The minimum atomic E-state index is -3.72. The Morgan fingerprint density at radius 1 is 1.00 bits per heavy atom. The topological polar surface area (TPSA) is 74.8 Å². The quantitative estimate of drug-likeness (QED) is 0.442. The summed E-state index contributed by atoms with van der Waals surface area (Å²) < 4.78 is 28.8. The molecule has 2 N–H and O–H groups in total. The number of hydrogen-bond acceptors (Lipinski definition) is 3. The van der Waals surface area contributed by atoms with Gasteiger partial charge in [0, 0.05) is 5.56 Å². The Hall–Kier alpha value is -3.12. The van der Waals surface area contributed by atoms with Crippen molar-refractivity contribution in [2.24, 2.45) is 0 Å². The molecule has 1 heterocycles. The molecule has 1 atom stereocenters. The second kappa shape index (κ2) is 7.72. The third-order valence-electron chi connectivity index (χ3n) is 5.16. The molecule has 0 spiro atoms. The van der Waals surface area contributed by atoms with E-state index in [9.17, 15) is 8.42 Å². The van der Waals surface area contributed by atoms with Gasteiger partial charge >= 0.3 is 0 Å². The Balaban J connectivity index is 1.69. The minimum absolute atomic E-state index is 0.201. The number of benzene rings is 3. The lowest BCUT2D eigenvalue weighted by Gasteiger charge is -2.16. The highest BCUT2D eigenvalue weighted by molar-refractivity contribution is 7.92. The lowest BCUT2D eigenvalue weighted by atomic mass is 9.97. The minimum Gasteiger partial charge on any atom is -0.338 e. The van der Waals surface area contributed by atoms with E-state index in [1.54, 1.807) is 24.3 Å². The summed E-state index contributed by atoms with van der Waals surface area (Å²) in [6, 6.07) is 22.2. The Kier molecular flexibility index (Phi) is 5.11. The van der Waals surface area contributed by atoms with Crippen LogP contribution in [0, 0.1) is 0 Å². The van der Waals surface area contributed by atoms with Gasteiger partial charge in [0.2, 0.25) is 0 Å². The van der Waals surface area contributed by atoms with Crippen molar-refractivity contribution < 1.29 is 8.42 Å². The molecule has 1 unspecified atom stereocenters. The van der Waals surface area contributed by atoms with E-state index in [1.807, 2.05) is 48.5 Å². The van der Waals surface area contributed by atoms with Crippen molar-refractivity contribution in [3.63, 3.8) is 0 Å². The van der Waals surface area contributed by atoms with Crippen LogP contribution in [0.4, 0.5) is 5.69 Å². The van der Waals surface area contributed by atoms with Crippen molar-refractivity contribution in [3.05, 3.63) is 78.4 Å². The van der Waals surface area contributed by atoms with Gasteiger partial charge in [0.15, 0.2) is 0 Å². The molecule has 0 radical (unpaired) electrons. The summed E-state index contributed by atoms with van der Waals surface area (Å²) in [4.78, 5) is 7.99. The zero-order chi connectivity index (χ0) is 20.4. The molecule has 5 nitrogen and oxygen atoms in total. The molecule has 1 aromatic heterocycles. The largest absolute Gasteiger partial charge is 0.338 e. The zero-order valence-electron chi connectivity index (χ0n) is 16.4. The van der Waals surface area contributed by atoms with E-state index in [2.05, 4.69) is 28.5 Å². The number of para-hydroxylation sites is 1. The van der Waals surface area contributed by atoms with Crippen LogP contribution in [-0.2, 0) is 10.0 Å². The molecule has 4 rings (SSSR count). The third kappa shape index (κ3) is 3.89. The van der Waals surface area contributed by atoms with Crippen molar-refractivity contribution in [2.75, 3.05) is 4.72 Å². The summed E-state index contributed by atoms with van der Waals surface area (Å²) in [5, 5.41) is 0. The Bertz CT molecular complexity index is 1250. The fourth-order valence-electron chi connectivity index (χ4n) is 3.33. The van der Waals surface area contributed by atoms with Crippen LogP contribution in [0.5, 0.6) is 0 Å². The summed E-state index contributed by atoms with van der Waals surface area (Å²) in [7, 11) is -3.72. The fraction of sp³-hybridized carbons (Fsp3) is 0.174. The summed E-state index contributed by atoms with van der Waals surface area (Å²) in [5.41, 5.74) is 3.97. The molecule has 0 aliphatic carbocycles. The maximum Gasteiger partial charge on any atom is 0.261 e. The monoisotopic (exact) mass is 405 g/mol. The molecule has 3 aromatic carbocycles. The Labute approximate surface area is 170 Å². The predicted molar refractivity (Wildman–Crippen MR) is 117 cm³/mol. The predicted octanol–water partition coefficient (Wildman–Crippen LogP) is 5.54. The molecule has 0 aliphatic rings. The van der Waals surface area contributed by atoms with Crippen LogP contribution in [0.1, 0.15) is 31.7 Å². The Morgan fingerprint density at radius 2 is 1.72 bits per heavy atom. The van der Waals surface area contributed by atoms with Crippen LogP contribution in [-0.4, -0.2) is 18.4 Å². The third-order valence-corrected chi connectivity index (χ3v) is 6.52. The number of nitrogens with one attached hydrogen (secondary N) is 2. The number of sulfonamides is 1. The van der Waals surface area contributed by atoms with Crippen LogP contribution >= 0.6 is 0 Å². The highest BCUT2D eigenvalue weighted by Gasteiger charge is 2.19. The molecular weight excluding hydrogens is 382 g/mol. The van der Waals surface area contributed by atoms with E-state index in [4.69, 9.17) is 0 Å². The van der Waals surface area contributed by atoms with Gasteiger partial charge in [0.1, 0.15) is 5.82 Å². The number of hydrogen-bond donors (Lipinski definition) is 2. The normalized spacial score (nSPS) is 12.8. The first kappa shape index (κ1) is 19.2. The standard InChI is InChI=1S/C23H23N3O2S/c1-3-16(2)19-11-7-8-12-20(19)26-29(27,28)18-13-14-21-22(15-18)25-23(24-21)17-9-5-4-6-10-17/h4-16,26H,3H2,1-2H3,(H,24,25). The van der Waals surface area contributed by atoms with Gasteiger partial charge in [-0.1, -0.05) is 62.4 Å². The van der Waals surface area contributed by atoms with E-state index in [1.165, 1.54) is 0 Å². The maximum atomic E-state index is 13.0. The first-order valence-electron chi connectivity index (χ1n) is 9.65. The summed E-state index contributed by atoms with van der Waals surface area (Å²) in [6.45, 7) is 4.18. The number of nitrogens with zero attached hydrogens (tertiary/aromatic N) is 1. The number of rotatable bonds is 6. The molecule has 148 valence electrons. The van der Waals surface area contributed by atoms with Crippen molar-refractivity contribution in [3.8, 4) is 11.4 Å². The molecule has 6 heteroatoms. The first-order valence-corrected chi connectivity index (χ1v) is 11.1. The van der Waals surface area contributed by atoms with Gasteiger partial charge in [-0.05, 0) is 42.2 Å². The van der Waals surface area contributed by atoms with Gasteiger partial charge in [0.25, 0.3) is 10.0 Å². The van der Waals surface area contributed by atoms with Crippen molar-refractivity contribution in [2.45, 2.75) is 31.1 Å². The summed E-state index contributed by atoms with van der Waals surface area (Å²) in [5.74, 6) is 0.975. The molecule has 0 fully saturated rings. The van der Waals surface area contributed by atoms with E-state index >= 15 is 0 Å².